The van der Waals surface area contributed by atoms with E-state index in [4.69, 9.17) is 5.11 Å². The molecular formula is C15H17NO. The van der Waals surface area contributed by atoms with E-state index < -0.39 is 0 Å². The van der Waals surface area contributed by atoms with Crippen LogP contribution in [0.1, 0.15) is 24.0 Å². The first kappa shape index (κ1) is 11.6. The number of hydrogen-bond donors (Lipinski definition) is 1. The molecule has 0 amide bonds. The summed E-state index contributed by atoms with van der Waals surface area (Å²) in [5, 5.41) is 9.17. The van der Waals surface area contributed by atoms with Crippen molar-refractivity contribution in [2.75, 3.05) is 0 Å². The molecule has 2 heteroatoms. The Hall–Kier alpha value is -1.83. The van der Waals surface area contributed by atoms with E-state index in [1.807, 2.05) is 24.4 Å². The van der Waals surface area contributed by atoms with Crippen LogP contribution < -0.4 is 0 Å². The summed E-state index contributed by atoms with van der Waals surface area (Å²) >= 11 is 0. The third kappa shape index (κ3) is 3.91. The fourth-order valence-electron chi connectivity index (χ4n) is 1.87. The fraction of sp³-hybridized carbons (Fsp3) is 0.267. The monoisotopic (exact) mass is 227 g/mol. The lowest BCUT2D eigenvalue weighted by atomic mass is 10.0. The molecule has 2 aromatic rings. The van der Waals surface area contributed by atoms with Gasteiger partial charge < -0.3 is 5.11 Å². The Balaban J connectivity index is 1.71. The Labute approximate surface area is 102 Å². The smallest absolute Gasteiger partial charge is 0.115 e. The van der Waals surface area contributed by atoms with E-state index in [-0.39, 0.29) is 0 Å². The van der Waals surface area contributed by atoms with Crippen LogP contribution >= 0.6 is 0 Å². The molecule has 0 bridgehead atoms. The van der Waals surface area contributed by atoms with Gasteiger partial charge in [-0.25, -0.2) is 0 Å². The minimum Gasteiger partial charge on any atom is -0.508 e. The van der Waals surface area contributed by atoms with E-state index in [1.165, 1.54) is 24.0 Å². The zero-order chi connectivity index (χ0) is 11.9. The minimum atomic E-state index is 0.337. The Kier molecular flexibility index (Phi) is 4.14. The van der Waals surface area contributed by atoms with Crippen molar-refractivity contribution in [1.29, 1.82) is 0 Å². The van der Waals surface area contributed by atoms with E-state index >= 15 is 0 Å². The number of unbranched alkanes of at least 4 members (excludes halogenated alkanes) is 1. The molecule has 88 valence electrons. The number of phenols is 1. The quantitative estimate of drug-likeness (QED) is 0.794. The molecule has 0 aliphatic rings. The van der Waals surface area contributed by atoms with E-state index in [2.05, 4.69) is 11.1 Å². The van der Waals surface area contributed by atoms with Gasteiger partial charge in [-0.15, -0.1) is 0 Å². The van der Waals surface area contributed by atoms with Crippen molar-refractivity contribution in [2.45, 2.75) is 25.7 Å². The maximum atomic E-state index is 9.17. The molecule has 0 saturated carbocycles. The number of phenolic OH excluding ortho intramolecular Hbond substituents is 1. The molecule has 0 spiro atoms. The zero-order valence-corrected chi connectivity index (χ0v) is 9.84. The highest BCUT2D eigenvalue weighted by atomic mass is 16.3. The third-order valence-electron chi connectivity index (χ3n) is 2.84. The van der Waals surface area contributed by atoms with Crippen LogP contribution in [0.2, 0.25) is 0 Å². The highest BCUT2D eigenvalue weighted by Gasteiger charge is 1.96. The molecule has 0 aliphatic carbocycles. The van der Waals surface area contributed by atoms with Gasteiger partial charge in [0.1, 0.15) is 5.75 Å². The molecule has 1 N–H and O–H groups in total. The number of aryl methyl sites for hydroxylation is 2. The first-order chi connectivity index (χ1) is 8.34. The van der Waals surface area contributed by atoms with E-state index in [0.717, 1.165) is 12.8 Å². The van der Waals surface area contributed by atoms with Crippen molar-refractivity contribution in [2.24, 2.45) is 0 Å². The summed E-state index contributed by atoms with van der Waals surface area (Å²) in [5.41, 5.74) is 2.59. The van der Waals surface area contributed by atoms with Gasteiger partial charge in [0.2, 0.25) is 0 Å². The van der Waals surface area contributed by atoms with Crippen LogP contribution in [0.5, 0.6) is 5.75 Å². The number of aromatic nitrogens is 1. The second-order valence-corrected chi connectivity index (χ2v) is 4.23. The predicted molar refractivity (Wildman–Crippen MR) is 69.0 cm³/mol. The van der Waals surface area contributed by atoms with Crippen molar-refractivity contribution in [3.63, 3.8) is 0 Å². The molecule has 0 saturated heterocycles. The van der Waals surface area contributed by atoms with Crippen LogP contribution in [-0.2, 0) is 12.8 Å². The molecule has 0 aliphatic heterocycles. The maximum absolute atomic E-state index is 9.17. The van der Waals surface area contributed by atoms with Gasteiger partial charge in [-0.3, -0.25) is 4.98 Å². The van der Waals surface area contributed by atoms with Crippen LogP contribution in [0.4, 0.5) is 0 Å². The normalized spacial score (nSPS) is 10.4. The van der Waals surface area contributed by atoms with Gasteiger partial charge in [-0.2, -0.15) is 0 Å². The summed E-state index contributed by atoms with van der Waals surface area (Å²) in [6, 6.07) is 11.6. The largest absolute Gasteiger partial charge is 0.508 e. The lowest BCUT2D eigenvalue weighted by Gasteiger charge is -2.02. The molecule has 2 nitrogen and oxygen atoms in total. The van der Waals surface area contributed by atoms with Gasteiger partial charge in [0.25, 0.3) is 0 Å². The van der Waals surface area contributed by atoms with Crippen LogP contribution in [-0.4, -0.2) is 10.1 Å². The molecule has 0 fully saturated rings. The van der Waals surface area contributed by atoms with Gasteiger partial charge in [-0.1, -0.05) is 18.2 Å². The zero-order valence-electron chi connectivity index (χ0n) is 9.84. The SMILES string of the molecule is Oc1ccc(CCCCc2cccnc2)cc1. The van der Waals surface area contributed by atoms with E-state index in [1.54, 1.807) is 18.3 Å². The number of rotatable bonds is 5. The Morgan fingerprint density at radius 3 is 2.24 bits per heavy atom. The summed E-state index contributed by atoms with van der Waals surface area (Å²) in [6.07, 6.45) is 8.24. The molecule has 0 atom stereocenters. The van der Waals surface area contributed by atoms with Crippen molar-refractivity contribution in [3.05, 3.63) is 59.9 Å². The second kappa shape index (κ2) is 6.04. The predicted octanol–water partition coefficient (Wildman–Crippen LogP) is 3.35. The van der Waals surface area contributed by atoms with Crippen LogP contribution in [0.15, 0.2) is 48.8 Å². The van der Waals surface area contributed by atoms with Gasteiger partial charge in [0, 0.05) is 12.4 Å². The first-order valence-corrected chi connectivity index (χ1v) is 6.01. The molecule has 1 aromatic carbocycles. The van der Waals surface area contributed by atoms with Gasteiger partial charge in [0.15, 0.2) is 0 Å². The Morgan fingerprint density at radius 2 is 1.59 bits per heavy atom. The number of benzene rings is 1. The van der Waals surface area contributed by atoms with Gasteiger partial charge in [-0.05, 0) is 55.0 Å². The number of pyridine rings is 1. The molecule has 17 heavy (non-hydrogen) atoms. The fourth-order valence-corrected chi connectivity index (χ4v) is 1.87. The van der Waals surface area contributed by atoms with Gasteiger partial charge >= 0.3 is 0 Å². The Bertz CT molecular complexity index is 436. The number of hydrogen-bond acceptors (Lipinski definition) is 2. The topological polar surface area (TPSA) is 33.1 Å². The van der Waals surface area contributed by atoms with Crippen molar-refractivity contribution in [3.8, 4) is 5.75 Å². The van der Waals surface area contributed by atoms with E-state index in [0.29, 0.717) is 5.75 Å². The summed E-state index contributed by atoms with van der Waals surface area (Å²) < 4.78 is 0. The number of aromatic hydroxyl groups is 1. The average molecular weight is 227 g/mol. The van der Waals surface area contributed by atoms with Crippen LogP contribution in [0.3, 0.4) is 0 Å². The highest BCUT2D eigenvalue weighted by Crippen LogP contribution is 2.12. The molecule has 1 aromatic heterocycles. The molecule has 0 radical (unpaired) electrons. The molecular weight excluding hydrogens is 210 g/mol. The standard InChI is InChI=1S/C15H17NO/c17-15-9-7-13(8-10-15)4-1-2-5-14-6-3-11-16-12-14/h3,6-12,17H,1-2,4-5H2. The molecule has 0 unspecified atom stereocenters. The van der Waals surface area contributed by atoms with Crippen LogP contribution in [0.25, 0.3) is 0 Å². The average Bonchev–Trinajstić information content (AvgIpc) is 2.38. The first-order valence-electron chi connectivity index (χ1n) is 6.01. The van der Waals surface area contributed by atoms with Crippen molar-refractivity contribution < 1.29 is 5.11 Å². The molecule has 2 rings (SSSR count). The van der Waals surface area contributed by atoms with Gasteiger partial charge in [0.05, 0.1) is 0 Å². The second-order valence-electron chi connectivity index (χ2n) is 4.23. The minimum absolute atomic E-state index is 0.337. The molecule has 1 heterocycles. The van der Waals surface area contributed by atoms with E-state index in [9.17, 15) is 0 Å². The third-order valence-corrected chi connectivity index (χ3v) is 2.84. The maximum Gasteiger partial charge on any atom is 0.115 e. The lowest BCUT2D eigenvalue weighted by molar-refractivity contribution is 0.475. The van der Waals surface area contributed by atoms with Crippen LogP contribution in [0, 0.1) is 0 Å². The summed E-state index contributed by atoms with van der Waals surface area (Å²) in [4.78, 5) is 4.10. The highest BCUT2D eigenvalue weighted by molar-refractivity contribution is 5.25. The summed E-state index contributed by atoms with van der Waals surface area (Å²) in [5.74, 6) is 0.337. The number of nitrogens with zero attached hydrogens (tertiary/aromatic N) is 1. The Morgan fingerprint density at radius 1 is 0.882 bits per heavy atom. The van der Waals surface area contributed by atoms with Crippen molar-refractivity contribution in [1.82, 2.24) is 4.98 Å². The van der Waals surface area contributed by atoms with Crippen molar-refractivity contribution >= 4 is 0 Å². The summed E-state index contributed by atoms with van der Waals surface area (Å²) in [7, 11) is 0. The summed E-state index contributed by atoms with van der Waals surface area (Å²) in [6.45, 7) is 0. The lowest BCUT2D eigenvalue weighted by Crippen LogP contribution is -1.89.